The first-order valence-corrected chi connectivity index (χ1v) is 6.82. The first-order chi connectivity index (χ1) is 10.4. The molecule has 1 fully saturated rings. The molecule has 8 nitrogen and oxygen atoms in total. The SMILES string of the molecule is CCOc1ccc(C(=O)NCC2(C(=O)O)CC2)cc1[N+](=O)[O-]. The third kappa shape index (κ3) is 3.16. The molecule has 0 atom stereocenters. The first-order valence-electron chi connectivity index (χ1n) is 6.82. The van der Waals surface area contributed by atoms with E-state index in [0.717, 1.165) is 6.07 Å². The van der Waals surface area contributed by atoms with Crippen molar-refractivity contribution in [3.8, 4) is 5.75 Å². The van der Waals surface area contributed by atoms with Crippen LogP contribution in [0.4, 0.5) is 5.69 Å². The van der Waals surface area contributed by atoms with Gasteiger partial charge in [-0.3, -0.25) is 19.7 Å². The first kappa shape index (κ1) is 15.7. The minimum absolute atomic E-state index is 0.0160. The molecule has 0 radical (unpaired) electrons. The van der Waals surface area contributed by atoms with Gasteiger partial charge in [0.2, 0.25) is 0 Å². The molecule has 2 N–H and O–H groups in total. The zero-order chi connectivity index (χ0) is 16.3. The molecule has 1 saturated carbocycles. The predicted octanol–water partition coefficient (Wildman–Crippen LogP) is 1.59. The Kier molecular flexibility index (Phi) is 4.30. The van der Waals surface area contributed by atoms with E-state index in [1.165, 1.54) is 12.1 Å². The average Bonchev–Trinajstić information content (AvgIpc) is 3.26. The molecular weight excluding hydrogens is 292 g/mol. The normalized spacial score (nSPS) is 15.0. The van der Waals surface area contributed by atoms with Gasteiger partial charge in [0.25, 0.3) is 5.91 Å². The average molecular weight is 308 g/mol. The second kappa shape index (κ2) is 6.00. The number of hydrogen-bond donors (Lipinski definition) is 2. The fraction of sp³-hybridized carbons (Fsp3) is 0.429. The number of hydrogen-bond acceptors (Lipinski definition) is 5. The number of aliphatic carboxylic acids is 1. The molecule has 1 amide bonds. The fourth-order valence-corrected chi connectivity index (χ4v) is 2.05. The maximum atomic E-state index is 12.0. The summed E-state index contributed by atoms with van der Waals surface area (Å²) in [6.45, 7) is 1.99. The lowest BCUT2D eigenvalue weighted by molar-refractivity contribution is -0.385. The second-order valence-corrected chi connectivity index (χ2v) is 5.14. The number of nitro groups is 1. The number of ether oxygens (including phenoxy) is 1. The van der Waals surface area contributed by atoms with Crippen LogP contribution in [-0.2, 0) is 4.79 Å². The fourth-order valence-electron chi connectivity index (χ4n) is 2.05. The summed E-state index contributed by atoms with van der Waals surface area (Å²) >= 11 is 0. The number of rotatable bonds is 7. The Bertz CT molecular complexity index is 624. The lowest BCUT2D eigenvalue weighted by atomic mass is 10.1. The van der Waals surface area contributed by atoms with E-state index < -0.39 is 22.2 Å². The van der Waals surface area contributed by atoms with E-state index >= 15 is 0 Å². The van der Waals surface area contributed by atoms with E-state index in [1.54, 1.807) is 6.92 Å². The number of nitro benzene ring substituents is 1. The lowest BCUT2D eigenvalue weighted by Crippen LogP contribution is -2.34. The predicted molar refractivity (Wildman–Crippen MR) is 75.9 cm³/mol. The van der Waals surface area contributed by atoms with E-state index in [1.807, 2.05) is 0 Å². The number of benzene rings is 1. The highest BCUT2D eigenvalue weighted by atomic mass is 16.6. The third-order valence-electron chi connectivity index (χ3n) is 3.61. The summed E-state index contributed by atoms with van der Waals surface area (Å²) in [5.41, 5.74) is -1.09. The summed E-state index contributed by atoms with van der Waals surface area (Å²) in [5, 5.41) is 22.6. The number of nitrogens with zero attached hydrogens (tertiary/aromatic N) is 1. The van der Waals surface area contributed by atoms with Crippen LogP contribution in [0.15, 0.2) is 18.2 Å². The lowest BCUT2D eigenvalue weighted by Gasteiger charge is -2.11. The zero-order valence-corrected chi connectivity index (χ0v) is 12.0. The van der Waals surface area contributed by atoms with Crippen molar-refractivity contribution in [1.82, 2.24) is 5.32 Å². The number of carbonyl (C=O) groups excluding carboxylic acids is 1. The van der Waals surface area contributed by atoms with Gasteiger partial charge in [0.1, 0.15) is 0 Å². The maximum Gasteiger partial charge on any atom is 0.311 e. The molecule has 8 heteroatoms. The Hall–Kier alpha value is -2.64. The van der Waals surface area contributed by atoms with Crippen molar-refractivity contribution in [2.24, 2.45) is 5.41 Å². The van der Waals surface area contributed by atoms with Crippen LogP contribution in [0.5, 0.6) is 5.75 Å². The standard InChI is InChI=1S/C14H16N2O6/c1-2-22-11-4-3-9(7-10(11)16(20)21)12(17)15-8-14(5-6-14)13(18)19/h3-4,7H,2,5-6,8H2,1H3,(H,15,17)(H,18,19). The van der Waals surface area contributed by atoms with Gasteiger partial charge >= 0.3 is 11.7 Å². The van der Waals surface area contributed by atoms with Crippen molar-refractivity contribution in [3.63, 3.8) is 0 Å². The zero-order valence-electron chi connectivity index (χ0n) is 12.0. The molecule has 1 aromatic rings. The Balaban J connectivity index is 2.11. The molecule has 2 rings (SSSR count). The quantitative estimate of drug-likeness (QED) is 0.583. The molecule has 0 saturated heterocycles. The summed E-state index contributed by atoms with van der Waals surface area (Å²) in [4.78, 5) is 33.4. The van der Waals surface area contributed by atoms with Gasteiger partial charge in [0.15, 0.2) is 5.75 Å². The maximum absolute atomic E-state index is 12.0. The van der Waals surface area contributed by atoms with Crippen LogP contribution in [0.25, 0.3) is 0 Å². The van der Waals surface area contributed by atoms with Gasteiger partial charge in [-0.2, -0.15) is 0 Å². The smallest absolute Gasteiger partial charge is 0.311 e. The highest BCUT2D eigenvalue weighted by Crippen LogP contribution is 2.45. The van der Waals surface area contributed by atoms with E-state index in [-0.39, 0.29) is 30.2 Å². The van der Waals surface area contributed by atoms with Crippen molar-refractivity contribution >= 4 is 17.6 Å². The van der Waals surface area contributed by atoms with Crippen molar-refractivity contribution in [3.05, 3.63) is 33.9 Å². The van der Waals surface area contributed by atoms with E-state index in [9.17, 15) is 19.7 Å². The molecule has 1 aliphatic carbocycles. The van der Waals surface area contributed by atoms with Crippen LogP contribution >= 0.6 is 0 Å². The highest BCUT2D eigenvalue weighted by Gasteiger charge is 2.50. The Labute approximate surface area is 126 Å². The third-order valence-corrected chi connectivity index (χ3v) is 3.61. The van der Waals surface area contributed by atoms with E-state index in [2.05, 4.69) is 5.32 Å². The van der Waals surface area contributed by atoms with Crippen LogP contribution < -0.4 is 10.1 Å². The van der Waals surface area contributed by atoms with E-state index in [4.69, 9.17) is 9.84 Å². The molecule has 0 spiro atoms. The number of nitrogens with one attached hydrogen (secondary N) is 1. The van der Waals surface area contributed by atoms with Gasteiger partial charge in [-0.05, 0) is 31.9 Å². The number of carboxylic acids is 1. The Morgan fingerprint density at radius 2 is 2.14 bits per heavy atom. The van der Waals surface area contributed by atoms with Crippen LogP contribution in [0.3, 0.4) is 0 Å². The summed E-state index contributed by atoms with van der Waals surface area (Å²) in [5.74, 6) is -1.39. The van der Waals surface area contributed by atoms with Crippen LogP contribution in [-0.4, -0.2) is 35.1 Å². The van der Waals surface area contributed by atoms with E-state index in [0.29, 0.717) is 12.8 Å². The molecule has 0 heterocycles. The Morgan fingerprint density at radius 1 is 1.45 bits per heavy atom. The molecule has 0 bridgehead atoms. The van der Waals surface area contributed by atoms with Crippen LogP contribution in [0.1, 0.15) is 30.1 Å². The molecule has 1 aliphatic rings. The molecule has 118 valence electrons. The van der Waals surface area contributed by atoms with Crippen LogP contribution in [0.2, 0.25) is 0 Å². The Morgan fingerprint density at radius 3 is 2.64 bits per heavy atom. The van der Waals surface area contributed by atoms with Crippen molar-refractivity contribution < 1.29 is 24.4 Å². The summed E-state index contributed by atoms with van der Waals surface area (Å²) in [7, 11) is 0. The van der Waals surface area contributed by atoms with Crippen molar-refractivity contribution in [1.29, 1.82) is 0 Å². The number of carbonyl (C=O) groups is 2. The minimum atomic E-state index is -0.939. The molecule has 1 aromatic carbocycles. The summed E-state index contributed by atoms with van der Waals surface area (Å²) in [6, 6.07) is 3.90. The van der Waals surface area contributed by atoms with Gasteiger partial charge in [-0.1, -0.05) is 0 Å². The minimum Gasteiger partial charge on any atom is -0.487 e. The highest BCUT2D eigenvalue weighted by molar-refractivity contribution is 5.95. The van der Waals surface area contributed by atoms with Crippen molar-refractivity contribution in [2.45, 2.75) is 19.8 Å². The largest absolute Gasteiger partial charge is 0.487 e. The molecular formula is C14H16N2O6. The molecule has 0 aliphatic heterocycles. The molecule has 0 unspecified atom stereocenters. The van der Waals surface area contributed by atoms with Gasteiger partial charge in [0.05, 0.1) is 16.9 Å². The van der Waals surface area contributed by atoms with Gasteiger partial charge in [-0.25, -0.2) is 0 Å². The molecule has 0 aromatic heterocycles. The van der Waals surface area contributed by atoms with Gasteiger partial charge in [-0.15, -0.1) is 0 Å². The monoisotopic (exact) mass is 308 g/mol. The second-order valence-electron chi connectivity index (χ2n) is 5.14. The van der Waals surface area contributed by atoms with Gasteiger partial charge < -0.3 is 15.2 Å². The summed E-state index contributed by atoms with van der Waals surface area (Å²) in [6.07, 6.45) is 1.04. The van der Waals surface area contributed by atoms with Crippen molar-refractivity contribution in [2.75, 3.05) is 13.2 Å². The topological polar surface area (TPSA) is 119 Å². The number of amides is 1. The number of carboxylic acid groups (broad SMARTS) is 1. The summed E-state index contributed by atoms with van der Waals surface area (Å²) < 4.78 is 5.14. The van der Waals surface area contributed by atoms with Crippen LogP contribution in [0, 0.1) is 15.5 Å². The van der Waals surface area contributed by atoms with Gasteiger partial charge in [0, 0.05) is 18.2 Å². The molecule has 22 heavy (non-hydrogen) atoms.